The molecule has 2 aromatic rings. The monoisotopic (exact) mass is 287 g/mol. The fourth-order valence-electron chi connectivity index (χ4n) is 2.19. The largest absolute Gasteiger partial charge is 0.351 e. The van der Waals surface area contributed by atoms with Crippen LogP contribution in [0.5, 0.6) is 0 Å². The van der Waals surface area contributed by atoms with Crippen LogP contribution in [0.2, 0.25) is 0 Å². The smallest absolute Gasteiger partial charge is 0.274 e. The van der Waals surface area contributed by atoms with Gasteiger partial charge in [-0.2, -0.15) is 5.10 Å². The zero-order valence-electron chi connectivity index (χ0n) is 12.7. The number of hydrogen-bond acceptors (Lipinski definition) is 3. The SMILES string of the molecule is CCCNC(=O)c1nn(CC(C)C)c(=O)c2ccccc12. The fourth-order valence-corrected chi connectivity index (χ4v) is 2.19. The molecule has 1 heterocycles. The van der Waals surface area contributed by atoms with Crippen molar-refractivity contribution in [2.24, 2.45) is 5.92 Å². The van der Waals surface area contributed by atoms with Gasteiger partial charge in [-0.1, -0.05) is 39.0 Å². The molecule has 21 heavy (non-hydrogen) atoms. The number of carbonyl (C=O) groups is 1. The van der Waals surface area contributed by atoms with Crippen molar-refractivity contribution >= 4 is 16.7 Å². The molecule has 0 aliphatic carbocycles. The number of benzene rings is 1. The van der Waals surface area contributed by atoms with Crippen LogP contribution in [0.15, 0.2) is 29.1 Å². The van der Waals surface area contributed by atoms with E-state index in [1.165, 1.54) is 4.68 Å². The molecule has 5 nitrogen and oxygen atoms in total. The summed E-state index contributed by atoms with van der Waals surface area (Å²) in [5, 5.41) is 8.25. The van der Waals surface area contributed by atoms with Crippen LogP contribution >= 0.6 is 0 Å². The first kappa shape index (κ1) is 15.2. The summed E-state index contributed by atoms with van der Waals surface area (Å²) in [6.45, 7) is 7.11. The van der Waals surface area contributed by atoms with Gasteiger partial charge in [-0.05, 0) is 18.4 Å². The third-order valence-corrected chi connectivity index (χ3v) is 3.16. The van der Waals surface area contributed by atoms with E-state index in [0.29, 0.717) is 29.6 Å². The summed E-state index contributed by atoms with van der Waals surface area (Å²) in [4.78, 5) is 24.7. The standard InChI is InChI=1S/C16H21N3O2/c1-4-9-17-15(20)14-12-7-5-6-8-13(12)16(21)19(18-14)10-11(2)3/h5-8,11H,4,9-10H2,1-3H3,(H,17,20). The Morgan fingerprint density at radius 2 is 1.95 bits per heavy atom. The molecule has 5 heteroatoms. The minimum absolute atomic E-state index is 0.147. The molecule has 0 saturated carbocycles. The van der Waals surface area contributed by atoms with E-state index in [1.54, 1.807) is 18.2 Å². The summed E-state index contributed by atoms with van der Waals surface area (Å²) < 4.78 is 1.40. The Morgan fingerprint density at radius 3 is 2.57 bits per heavy atom. The molecule has 1 aromatic carbocycles. The van der Waals surface area contributed by atoms with Crippen molar-refractivity contribution in [1.29, 1.82) is 0 Å². The molecule has 0 spiro atoms. The van der Waals surface area contributed by atoms with Gasteiger partial charge in [0.05, 0.1) is 5.39 Å². The average Bonchev–Trinajstić information content (AvgIpc) is 2.47. The molecule has 0 aliphatic heterocycles. The normalized spacial score (nSPS) is 11.0. The number of carbonyl (C=O) groups excluding carboxylic acids is 1. The van der Waals surface area contributed by atoms with Crippen LogP contribution < -0.4 is 10.9 Å². The minimum atomic E-state index is -0.231. The maximum atomic E-state index is 12.4. The highest BCUT2D eigenvalue weighted by Crippen LogP contribution is 2.13. The average molecular weight is 287 g/mol. The molecule has 0 aliphatic rings. The summed E-state index contributed by atoms with van der Waals surface area (Å²) in [5.41, 5.74) is 0.172. The summed E-state index contributed by atoms with van der Waals surface area (Å²) in [6, 6.07) is 7.13. The van der Waals surface area contributed by atoms with Crippen LogP contribution in [0.1, 0.15) is 37.7 Å². The van der Waals surface area contributed by atoms with E-state index in [4.69, 9.17) is 0 Å². The number of amides is 1. The first-order chi connectivity index (χ1) is 10.0. The molecule has 0 bridgehead atoms. The van der Waals surface area contributed by atoms with Crippen molar-refractivity contribution in [3.63, 3.8) is 0 Å². The highest BCUT2D eigenvalue weighted by molar-refractivity contribution is 6.04. The Bertz CT molecular complexity index is 704. The van der Waals surface area contributed by atoms with Gasteiger partial charge in [0.25, 0.3) is 11.5 Å². The Hall–Kier alpha value is -2.17. The van der Waals surface area contributed by atoms with E-state index in [9.17, 15) is 9.59 Å². The molecule has 1 aromatic heterocycles. The fraction of sp³-hybridized carbons (Fsp3) is 0.438. The molecule has 1 N–H and O–H groups in total. The lowest BCUT2D eigenvalue weighted by Crippen LogP contribution is -2.32. The van der Waals surface area contributed by atoms with Crippen LogP contribution in [0.4, 0.5) is 0 Å². The van der Waals surface area contributed by atoms with Crippen molar-refractivity contribution in [2.75, 3.05) is 6.54 Å². The predicted molar refractivity (Wildman–Crippen MR) is 83.5 cm³/mol. The molecule has 0 saturated heterocycles. The van der Waals surface area contributed by atoms with E-state index in [0.717, 1.165) is 6.42 Å². The topological polar surface area (TPSA) is 64.0 Å². The lowest BCUT2D eigenvalue weighted by Gasteiger charge is -2.12. The van der Waals surface area contributed by atoms with E-state index in [1.807, 2.05) is 26.8 Å². The Balaban J connectivity index is 2.59. The maximum Gasteiger partial charge on any atom is 0.274 e. The van der Waals surface area contributed by atoms with Crippen molar-refractivity contribution in [3.05, 3.63) is 40.3 Å². The van der Waals surface area contributed by atoms with Crippen LogP contribution in [-0.4, -0.2) is 22.2 Å². The second-order valence-electron chi connectivity index (χ2n) is 5.53. The minimum Gasteiger partial charge on any atom is -0.351 e. The van der Waals surface area contributed by atoms with Gasteiger partial charge in [0.15, 0.2) is 5.69 Å². The first-order valence-corrected chi connectivity index (χ1v) is 7.32. The summed E-state index contributed by atoms with van der Waals surface area (Å²) in [6.07, 6.45) is 0.856. The number of hydrogen-bond donors (Lipinski definition) is 1. The third kappa shape index (κ3) is 3.29. The lowest BCUT2D eigenvalue weighted by atomic mass is 10.1. The molecule has 0 unspecified atom stereocenters. The summed E-state index contributed by atoms with van der Waals surface area (Å²) >= 11 is 0. The Kier molecular flexibility index (Phi) is 4.73. The van der Waals surface area contributed by atoms with E-state index in [-0.39, 0.29) is 17.4 Å². The zero-order chi connectivity index (χ0) is 15.4. The van der Waals surface area contributed by atoms with E-state index >= 15 is 0 Å². The summed E-state index contributed by atoms with van der Waals surface area (Å²) in [5.74, 6) is 0.0495. The number of aromatic nitrogens is 2. The highest BCUT2D eigenvalue weighted by atomic mass is 16.2. The molecule has 2 rings (SSSR count). The van der Waals surface area contributed by atoms with Gasteiger partial charge in [-0.15, -0.1) is 0 Å². The molecule has 1 amide bonds. The quantitative estimate of drug-likeness (QED) is 0.917. The van der Waals surface area contributed by atoms with Crippen LogP contribution in [0, 0.1) is 5.92 Å². The molecule has 112 valence electrons. The van der Waals surface area contributed by atoms with Gasteiger partial charge in [0, 0.05) is 18.5 Å². The maximum absolute atomic E-state index is 12.4. The molecule has 0 radical (unpaired) electrons. The van der Waals surface area contributed by atoms with Crippen LogP contribution in [0.3, 0.4) is 0 Å². The van der Waals surface area contributed by atoms with Gasteiger partial charge in [-0.25, -0.2) is 4.68 Å². The number of nitrogens with one attached hydrogen (secondary N) is 1. The molecular formula is C16H21N3O2. The van der Waals surface area contributed by atoms with Crippen molar-refractivity contribution < 1.29 is 4.79 Å². The third-order valence-electron chi connectivity index (χ3n) is 3.16. The van der Waals surface area contributed by atoms with Crippen molar-refractivity contribution in [1.82, 2.24) is 15.1 Å². The van der Waals surface area contributed by atoms with Gasteiger partial charge in [-0.3, -0.25) is 9.59 Å². The second kappa shape index (κ2) is 6.52. The summed E-state index contributed by atoms with van der Waals surface area (Å²) in [7, 11) is 0. The van der Waals surface area contributed by atoms with Gasteiger partial charge >= 0.3 is 0 Å². The van der Waals surface area contributed by atoms with Gasteiger partial charge < -0.3 is 5.32 Å². The van der Waals surface area contributed by atoms with E-state index < -0.39 is 0 Å². The lowest BCUT2D eigenvalue weighted by molar-refractivity contribution is 0.0948. The van der Waals surface area contributed by atoms with Gasteiger partial charge in [0.2, 0.25) is 0 Å². The first-order valence-electron chi connectivity index (χ1n) is 7.32. The van der Waals surface area contributed by atoms with Crippen molar-refractivity contribution in [2.45, 2.75) is 33.7 Å². The van der Waals surface area contributed by atoms with Crippen LogP contribution in [0.25, 0.3) is 10.8 Å². The Labute approximate surface area is 124 Å². The predicted octanol–water partition coefficient (Wildman–Crippen LogP) is 2.19. The van der Waals surface area contributed by atoms with Gasteiger partial charge in [0.1, 0.15) is 0 Å². The molecule has 0 fully saturated rings. The number of nitrogens with zero attached hydrogens (tertiary/aromatic N) is 2. The number of fused-ring (bicyclic) bond motifs is 1. The molecular weight excluding hydrogens is 266 g/mol. The van der Waals surface area contributed by atoms with Crippen LogP contribution in [-0.2, 0) is 6.54 Å². The number of rotatable bonds is 5. The highest BCUT2D eigenvalue weighted by Gasteiger charge is 2.16. The Morgan fingerprint density at radius 1 is 1.29 bits per heavy atom. The molecule has 0 atom stereocenters. The van der Waals surface area contributed by atoms with E-state index in [2.05, 4.69) is 10.4 Å². The van der Waals surface area contributed by atoms with Crippen molar-refractivity contribution in [3.8, 4) is 0 Å². The zero-order valence-corrected chi connectivity index (χ0v) is 12.7. The second-order valence-corrected chi connectivity index (χ2v) is 5.53.